The zero-order valence-corrected chi connectivity index (χ0v) is 16.7. The number of rotatable bonds is 5. The normalized spacial score (nSPS) is 17.1. The third-order valence-corrected chi connectivity index (χ3v) is 4.20. The van der Waals surface area contributed by atoms with E-state index in [2.05, 4.69) is 0 Å². The summed E-state index contributed by atoms with van der Waals surface area (Å²) >= 11 is 6.03. The van der Waals surface area contributed by atoms with Gasteiger partial charge in [0.2, 0.25) is 12.5 Å². The van der Waals surface area contributed by atoms with E-state index in [0.29, 0.717) is 0 Å². The van der Waals surface area contributed by atoms with Crippen LogP contribution >= 0.6 is 11.6 Å². The Morgan fingerprint density at radius 3 is 2.54 bits per heavy atom. The number of benzene rings is 1. The number of nitro groups is 1. The maximum Gasteiger partial charge on any atom is 0.421 e. The van der Waals surface area contributed by atoms with E-state index in [1.54, 1.807) is 27.7 Å². The van der Waals surface area contributed by atoms with Gasteiger partial charge >= 0.3 is 12.1 Å². The van der Waals surface area contributed by atoms with E-state index in [9.17, 15) is 24.5 Å². The first-order chi connectivity index (χ1) is 13.0. The van der Waals surface area contributed by atoms with Crippen LogP contribution in [0.1, 0.15) is 39.2 Å². The van der Waals surface area contributed by atoms with Crippen LogP contribution in [0.3, 0.4) is 0 Å². The molecule has 0 N–H and O–H groups in total. The number of fused-ring (bicyclic) bond motifs is 1. The van der Waals surface area contributed by atoms with Crippen molar-refractivity contribution in [3.8, 4) is 0 Å². The van der Waals surface area contributed by atoms with Gasteiger partial charge in [0.25, 0.3) is 0 Å². The highest BCUT2D eigenvalue weighted by molar-refractivity contribution is 6.31. The Bertz CT molecular complexity index is 819. The highest BCUT2D eigenvalue weighted by atomic mass is 35.5. The van der Waals surface area contributed by atoms with Crippen LogP contribution < -0.4 is 4.90 Å². The number of amides is 2. The number of hydrogen-bond donors (Lipinski definition) is 0. The molecule has 2 atom stereocenters. The number of imide groups is 1. The van der Waals surface area contributed by atoms with Gasteiger partial charge in [0.1, 0.15) is 11.5 Å². The average molecular weight is 413 g/mol. The van der Waals surface area contributed by atoms with Crippen molar-refractivity contribution in [3.05, 3.63) is 38.9 Å². The molecule has 0 spiro atoms. The largest absolute Gasteiger partial charge is 0.466 e. The lowest BCUT2D eigenvalue weighted by Crippen LogP contribution is -2.42. The Labute approximate surface area is 166 Å². The number of ether oxygens (including phenoxy) is 2. The van der Waals surface area contributed by atoms with E-state index in [1.165, 1.54) is 18.2 Å². The van der Waals surface area contributed by atoms with Gasteiger partial charge in [-0.1, -0.05) is 11.6 Å². The summed E-state index contributed by atoms with van der Waals surface area (Å²) < 4.78 is 10.2. The molecule has 0 radical (unpaired) electrons. The highest BCUT2D eigenvalue weighted by Crippen LogP contribution is 2.43. The van der Waals surface area contributed by atoms with Crippen LogP contribution in [0.2, 0.25) is 5.02 Å². The summed E-state index contributed by atoms with van der Waals surface area (Å²) in [6, 6.07) is 4.32. The second kappa shape index (κ2) is 8.14. The molecule has 28 heavy (non-hydrogen) atoms. The molecule has 0 saturated heterocycles. The van der Waals surface area contributed by atoms with Gasteiger partial charge in [-0.25, -0.2) is 9.69 Å². The molecule has 0 aromatic heterocycles. The molecule has 0 fully saturated rings. The quantitative estimate of drug-likeness (QED) is 0.414. The Hall–Kier alpha value is -2.68. The first-order valence-corrected chi connectivity index (χ1v) is 8.99. The molecule has 2 amide bonds. The van der Waals surface area contributed by atoms with Gasteiger partial charge in [0, 0.05) is 9.95 Å². The molecule has 1 aromatic carbocycles. The van der Waals surface area contributed by atoms with Crippen LogP contribution in [-0.4, -0.2) is 41.6 Å². The van der Waals surface area contributed by atoms with Crippen LogP contribution in [0.25, 0.3) is 0 Å². The van der Waals surface area contributed by atoms with E-state index in [4.69, 9.17) is 21.1 Å². The molecule has 10 heteroatoms. The third-order valence-electron chi connectivity index (χ3n) is 3.97. The second-order valence-electron chi connectivity index (χ2n) is 7.21. The monoisotopic (exact) mass is 412 g/mol. The van der Waals surface area contributed by atoms with Crippen molar-refractivity contribution in [3.63, 3.8) is 0 Å². The van der Waals surface area contributed by atoms with Gasteiger partial charge in [-0.3, -0.25) is 19.7 Å². The van der Waals surface area contributed by atoms with E-state index in [0.717, 1.165) is 4.90 Å². The van der Waals surface area contributed by atoms with Crippen molar-refractivity contribution in [1.29, 1.82) is 0 Å². The third kappa shape index (κ3) is 4.59. The number of nitrogens with zero attached hydrogens (tertiary/aromatic N) is 2. The van der Waals surface area contributed by atoms with Crippen molar-refractivity contribution >= 4 is 35.3 Å². The van der Waals surface area contributed by atoms with Gasteiger partial charge in [-0.05, 0) is 51.5 Å². The molecule has 1 aliphatic rings. The van der Waals surface area contributed by atoms with Crippen molar-refractivity contribution in [2.45, 2.75) is 39.2 Å². The zero-order valence-electron chi connectivity index (χ0n) is 15.9. The maximum absolute atomic E-state index is 13.1. The molecule has 2 unspecified atom stereocenters. The predicted molar refractivity (Wildman–Crippen MR) is 99.9 cm³/mol. The first kappa shape index (κ1) is 21.6. The van der Waals surface area contributed by atoms with Crippen molar-refractivity contribution in [2.75, 3.05) is 18.1 Å². The molecule has 1 aromatic rings. The Morgan fingerprint density at radius 2 is 2.00 bits per heavy atom. The smallest absolute Gasteiger partial charge is 0.421 e. The van der Waals surface area contributed by atoms with Gasteiger partial charge in [-0.15, -0.1) is 0 Å². The molecule has 0 saturated carbocycles. The molecule has 1 aliphatic heterocycles. The van der Waals surface area contributed by atoms with Crippen LogP contribution in [0, 0.1) is 16.0 Å². The number of carbonyl (C=O) groups is 3. The lowest BCUT2D eigenvalue weighted by Gasteiger charge is -2.24. The SMILES string of the molecule is CCOC(=O)C(C[N+](=O)[O-])C1C(=O)N(C(=O)OC(C)(C)C)c2ccc(Cl)cc21. The molecular formula is C18H21ClN2O7. The van der Waals surface area contributed by atoms with Crippen LogP contribution in [0.4, 0.5) is 10.5 Å². The molecule has 2 rings (SSSR count). The van der Waals surface area contributed by atoms with Gasteiger partial charge < -0.3 is 9.47 Å². The fraction of sp³-hybridized carbons (Fsp3) is 0.500. The minimum absolute atomic E-state index is 0.00780. The molecule has 9 nitrogen and oxygen atoms in total. The molecular weight excluding hydrogens is 392 g/mol. The van der Waals surface area contributed by atoms with Crippen molar-refractivity contribution in [2.24, 2.45) is 5.92 Å². The summed E-state index contributed by atoms with van der Waals surface area (Å²) in [5, 5.41) is 11.4. The molecule has 152 valence electrons. The Kier molecular flexibility index (Phi) is 6.28. The summed E-state index contributed by atoms with van der Waals surface area (Å²) in [5.74, 6) is -4.39. The topological polar surface area (TPSA) is 116 Å². The zero-order chi connectivity index (χ0) is 21.2. The minimum atomic E-state index is -1.41. The standard InChI is InChI=1S/C18H21ClN2O7/c1-5-27-16(23)12(9-20(25)26)14-11-8-10(19)6-7-13(11)21(15(14)22)17(24)28-18(2,3)4/h6-8,12,14H,5,9H2,1-4H3. The van der Waals surface area contributed by atoms with Crippen LogP contribution in [0.5, 0.6) is 0 Å². The van der Waals surface area contributed by atoms with E-state index >= 15 is 0 Å². The fourth-order valence-corrected chi connectivity index (χ4v) is 3.16. The summed E-state index contributed by atoms with van der Waals surface area (Å²) in [6.45, 7) is 5.63. The minimum Gasteiger partial charge on any atom is -0.466 e. The predicted octanol–water partition coefficient (Wildman–Crippen LogP) is 3.16. The lowest BCUT2D eigenvalue weighted by atomic mass is 9.87. The van der Waals surface area contributed by atoms with Crippen LogP contribution in [0.15, 0.2) is 18.2 Å². The summed E-state index contributed by atoms with van der Waals surface area (Å²) in [6.07, 6.45) is -0.938. The lowest BCUT2D eigenvalue weighted by molar-refractivity contribution is -0.486. The summed E-state index contributed by atoms with van der Waals surface area (Å²) in [4.78, 5) is 49.3. The summed E-state index contributed by atoms with van der Waals surface area (Å²) in [7, 11) is 0. The number of anilines is 1. The van der Waals surface area contributed by atoms with Crippen LogP contribution in [-0.2, 0) is 19.1 Å². The molecule has 1 heterocycles. The van der Waals surface area contributed by atoms with Gasteiger partial charge in [-0.2, -0.15) is 0 Å². The van der Waals surface area contributed by atoms with Gasteiger partial charge in [0.05, 0.1) is 18.2 Å². The van der Waals surface area contributed by atoms with Crippen molar-refractivity contribution < 1.29 is 28.8 Å². The molecule has 0 bridgehead atoms. The van der Waals surface area contributed by atoms with Crippen molar-refractivity contribution in [1.82, 2.24) is 0 Å². The van der Waals surface area contributed by atoms with E-state index in [1.807, 2.05) is 0 Å². The number of carbonyl (C=O) groups excluding carboxylic acids is 3. The molecule has 0 aliphatic carbocycles. The first-order valence-electron chi connectivity index (χ1n) is 8.61. The Morgan fingerprint density at radius 1 is 1.36 bits per heavy atom. The highest BCUT2D eigenvalue weighted by Gasteiger charge is 2.50. The number of esters is 1. The van der Waals surface area contributed by atoms with E-state index < -0.39 is 46.9 Å². The maximum atomic E-state index is 13.1. The number of halogens is 1. The second-order valence-corrected chi connectivity index (χ2v) is 7.65. The average Bonchev–Trinajstić information content (AvgIpc) is 2.82. The Balaban J connectivity index is 2.54. The number of hydrogen-bond acceptors (Lipinski definition) is 7. The van der Waals surface area contributed by atoms with E-state index in [-0.39, 0.29) is 22.9 Å². The summed E-state index contributed by atoms with van der Waals surface area (Å²) in [5.41, 5.74) is -0.460. The van der Waals surface area contributed by atoms with Gasteiger partial charge in [0.15, 0.2) is 0 Å². The fourth-order valence-electron chi connectivity index (χ4n) is 2.98.